The van der Waals surface area contributed by atoms with Crippen LogP contribution in [0.5, 0.6) is 0 Å². The average Bonchev–Trinajstić information content (AvgIpc) is 3.49. The van der Waals surface area contributed by atoms with E-state index in [0.29, 0.717) is 5.84 Å². The summed E-state index contributed by atoms with van der Waals surface area (Å²) < 4.78 is 6.63. The molecule has 1 aromatic heterocycles. The van der Waals surface area contributed by atoms with Crippen molar-refractivity contribution in [2.75, 3.05) is 0 Å². The third-order valence-electron chi connectivity index (χ3n) is 7.95. The van der Waals surface area contributed by atoms with E-state index >= 15 is 0 Å². The van der Waals surface area contributed by atoms with Crippen molar-refractivity contribution in [2.24, 2.45) is 9.98 Å². The van der Waals surface area contributed by atoms with Crippen LogP contribution in [-0.4, -0.2) is 11.7 Å². The number of hydrogen-bond donors (Lipinski definition) is 1. The number of aliphatic imine (C=N–C) groups is 2. The molecule has 43 heavy (non-hydrogen) atoms. The van der Waals surface area contributed by atoms with Crippen LogP contribution in [0.2, 0.25) is 0 Å². The normalized spacial score (nSPS) is 14.7. The van der Waals surface area contributed by atoms with Gasteiger partial charge in [-0.2, -0.15) is 0 Å². The first-order chi connectivity index (χ1) is 21.3. The summed E-state index contributed by atoms with van der Waals surface area (Å²) in [5.74, 6) is 1.49. The van der Waals surface area contributed by atoms with Gasteiger partial charge < -0.3 is 9.73 Å². The van der Waals surface area contributed by atoms with Crippen molar-refractivity contribution < 1.29 is 4.42 Å². The highest BCUT2D eigenvalue weighted by Crippen LogP contribution is 2.40. The fourth-order valence-corrected chi connectivity index (χ4v) is 5.90. The average molecular weight is 554 g/mol. The highest BCUT2D eigenvalue weighted by molar-refractivity contribution is 6.14. The topological polar surface area (TPSA) is 49.9 Å². The number of rotatable bonds is 5. The molecule has 6 aromatic carbocycles. The SMILES string of the molecule is c1ccc(C2=NC(c3cccc4oc5c(-c6cccc(-c7ccccc7)c6)cccc5c34)NC(c3ccccc3)=N2)cc1. The van der Waals surface area contributed by atoms with E-state index in [2.05, 4.69) is 102 Å². The number of hydrogen-bond acceptors (Lipinski definition) is 4. The van der Waals surface area contributed by atoms with E-state index in [9.17, 15) is 0 Å². The van der Waals surface area contributed by atoms with Gasteiger partial charge in [0.1, 0.15) is 23.2 Å². The molecule has 0 fully saturated rings. The van der Waals surface area contributed by atoms with Gasteiger partial charge in [-0.05, 0) is 28.8 Å². The second-order valence-corrected chi connectivity index (χ2v) is 10.6. The molecule has 0 amide bonds. The molecule has 0 aliphatic carbocycles. The molecule has 2 heterocycles. The molecule has 1 unspecified atom stereocenters. The van der Waals surface area contributed by atoms with Crippen LogP contribution in [0.25, 0.3) is 44.2 Å². The Balaban J connectivity index is 1.28. The monoisotopic (exact) mass is 553 g/mol. The van der Waals surface area contributed by atoms with Crippen molar-refractivity contribution in [1.29, 1.82) is 0 Å². The Bertz CT molecular complexity index is 2150. The number of nitrogens with zero attached hydrogens (tertiary/aromatic N) is 2. The van der Waals surface area contributed by atoms with Crippen LogP contribution in [0.3, 0.4) is 0 Å². The molecule has 7 aromatic rings. The summed E-state index contributed by atoms with van der Waals surface area (Å²) in [6, 6.07) is 52.1. The molecule has 0 bridgehead atoms. The van der Waals surface area contributed by atoms with Crippen molar-refractivity contribution in [2.45, 2.75) is 6.17 Å². The van der Waals surface area contributed by atoms with Crippen LogP contribution in [0.15, 0.2) is 166 Å². The molecule has 0 saturated heterocycles. The Morgan fingerprint density at radius 1 is 0.535 bits per heavy atom. The van der Waals surface area contributed by atoms with Gasteiger partial charge in [-0.25, -0.2) is 9.98 Å². The molecule has 1 aliphatic heterocycles. The lowest BCUT2D eigenvalue weighted by Gasteiger charge is -2.24. The smallest absolute Gasteiger partial charge is 0.159 e. The van der Waals surface area contributed by atoms with Gasteiger partial charge >= 0.3 is 0 Å². The predicted octanol–water partition coefficient (Wildman–Crippen LogP) is 9.42. The quantitative estimate of drug-likeness (QED) is 0.231. The molecule has 0 saturated carbocycles. The summed E-state index contributed by atoms with van der Waals surface area (Å²) in [5, 5.41) is 5.75. The number of benzene rings is 6. The van der Waals surface area contributed by atoms with E-state index in [1.807, 2.05) is 54.6 Å². The van der Waals surface area contributed by atoms with Gasteiger partial charge in [-0.1, -0.05) is 140 Å². The van der Waals surface area contributed by atoms with E-state index in [4.69, 9.17) is 14.4 Å². The molecular formula is C39H27N3O. The summed E-state index contributed by atoms with van der Waals surface area (Å²) in [5.41, 5.74) is 9.29. The van der Waals surface area contributed by atoms with E-state index < -0.39 is 0 Å². The zero-order valence-electron chi connectivity index (χ0n) is 23.3. The number of amidine groups is 2. The van der Waals surface area contributed by atoms with Gasteiger partial charge in [-0.3, -0.25) is 0 Å². The first-order valence-corrected chi connectivity index (χ1v) is 14.5. The van der Waals surface area contributed by atoms with Crippen molar-refractivity contribution >= 4 is 33.6 Å². The first kappa shape index (κ1) is 25.0. The van der Waals surface area contributed by atoms with Gasteiger partial charge in [-0.15, -0.1) is 0 Å². The van der Waals surface area contributed by atoms with Crippen LogP contribution < -0.4 is 5.32 Å². The molecule has 1 N–H and O–H groups in total. The Morgan fingerprint density at radius 3 is 1.93 bits per heavy atom. The minimum atomic E-state index is -0.350. The zero-order valence-corrected chi connectivity index (χ0v) is 23.3. The third kappa shape index (κ3) is 4.59. The van der Waals surface area contributed by atoms with Crippen LogP contribution in [0.4, 0.5) is 0 Å². The maximum atomic E-state index is 6.63. The van der Waals surface area contributed by atoms with Gasteiger partial charge in [0.05, 0.1) is 0 Å². The van der Waals surface area contributed by atoms with Gasteiger partial charge in [0, 0.05) is 33.0 Å². The Morgan fingerprint density at radius 2 is 1.16 bits per heavy atom. The van der Waals surface area contributed by atoms with Crippen LogP contribution in [0, 0.1) is 0 Å². The number of para-hydroxylation sites is 1. The molecule has 204 valence electrons. The Hall–Kier alpha value is -5.74. The summed E-state index contributed by atoms with van der Waals surface area (Å²) >= 11 is 0. The molecule has 4 nitrogen and oxygen atoms in total. The Kier molecular flexibility index (Phi) is 6.16. The predicted molar refractivity (Wildman–Crippen MR) is 176 cm³/mol. The first-order valence-electron chi connectivity index (χ1n) is 14.5. The summed E-state index contributed by atoms with van der Waals surface area (Å²) in [6.07, 6.45) is -0.350. The highest BCUT2D eigenvalue weighted by atomic mass is 16.3. The second-order valence-electron chi connectivity index (χ2n) is 10.6. The minimum absolute atomic E-state index is 0.350. The summed E-state index contributed by atoms with van der Waals surface area (Å²) in [4.78, 5) is 10.1. The highest BCUT2D eigenvalue weighted by Gasteiger charge is 2.25. The largest absolute Gasteiger partial charge is 0.455 e. The molecule has 8 rings (SSSR count). The van der Waals surface area contributed by atoms with Gasteiger partial charge in [0.15, 0.2) is 5.84 Å². The molecule has 1 atom stereocenters. The minimum Gasteiger partial charge on any atom is -0.455 e. The standard InChI is InChI=1S/C39H27N3O/c1-4-13-26(14-5-1)29-19-10-20-30(25-29)31-21-11-22-32-35-33(23-12-24-34(35)43-36(31)32)39-41-37(27-15-6-2-7-16-27)40-38(42-39)28-17-8-3-9-18-28/h1-25,39H,(H,40,41,42). The molecule has 0 radical (unpaired) electrons. The Labute approximate surface area is 249 Å². The van der Waals surface area contributed by atoms with Gasteiger partial charge in [0.2, 0.25) is 0 Å². The number of furan rings is 1. The fraction of sp³-hybridized carbons (Fsp3) is 0.0256. The lowest BCUT2D eigenvalue weighted by Crippen LogP contribution is -2.33. The van der Waals surface area contributed by atoms with Crippen molar-refractivity contribution in [3.63, 3.8) is 0 Å². The number of nitrogens with one attached hydrogen (secondary N) is 1. The van der Waals surface area contributed by atoms with Crippen molar-refractivity contribution in [3.05, 3.63) is 168 Å². The van der Waals surface area contributed by atoms with E-state index in [0.717, 1.165) is 55.6 Å². The van der Waals surface area contributed by atoms with E-state index in [1.54, 1.807) is 0 Å². The van der Waals surface area contributed by atoms with Crippen LogP contribution in [0.1, 0.15) is 22.9 Å². The summed E-state index contributed by atoms with van der Waals surface area (Å²) in [7, 11) is 0. The molecule has 4 heteroatoms. The van der Waals surface area contributed by atoms with Crippen LogP contribution >= 0.6 is 0 Å². The van der Waals surface area contributed by atoms with E-state index in [1.165, 1.54) is 11.1 Å². The molecular weight excluding hydrogens is 526 g/mol. The maximum absolute atomic E-state index is 6.63. The maximum Gasteiger partial charge on any atom is 0.159 e. The summed E-state index contributed by atoms with van der Waals surface area (Å²) in [6.45, 7) is 0. The second kappa shape index (κ2) is 10.6. The van der Waals surface area contributed by atoms with Gasteiger partial charge in [0.25, 0.3) is 0 Å². The van der Waals surface area contributed by atoms with Crippen molar-refractivity contribution in [3.8, 4) is 22.3 Å². The van der Waals surface area contributed by atoms with Crippen LogP contribution in [-0.2, 0) is 0 Å². The lowest BCUT2D eigenvalue weighted by atomic mass is 9.97. The lowest BCUT2D eigenvalue weighted by molar-refractivity contribution is 0.663. The van der Waals surface area contributed by atoms with Crippen molar-refractivity contribution in [1.82, 2.24) is 5.32 Å². The third-order valence-corrected chi connectivity index (χ3v) is 7.95. The number of fused-ring (bicyclic) bond motifs is 3. The zero-order chi connectivity index (χ0) is 28.6. The fourth-order valence-electron chi connectivity index (χ4n) is 5.90. The molecule has 0 spiro atoms. The molecule has 1 aliphatic rings. The van der Waals surface area contributed by atoms with E-state index in [-0.39, 0.29) is 6.17 Å².